The molecular weight excluding hydrogens is 330 g/mol. The molecule has 0 aliphatic carbocycles. The number of carbonyl (C=O) groups is 1. The molecule has 1 rings (SSSR count). The van der Waals surface area contributed by atoms with E-state index in [1.165, 1.54) is 18.2 Å². The van der Waals surface area contributed by atoms with Crippen LogP contribution in [0.3, 0.4) is 0 Å². The maximum Gasteiger partial charge on any atom is 0.328 e. The number of esters is 1. The molecule has 7 nitrogen and oxygen atoms in total. The highest BCUT2D eigenvalue weighted by Gasteiger charge is 2.32. The smallest absolute Gasteiger partial charge is 0.328 e. The van der Waals surface area contributed by atoms with Crippen molar-refractivity contribution >= 4 is 33.3 Å². The van der Waals surface area contributed by atoms with E-state index < -0.39 is 16.9 Å². The molecule has 0 amide bonds. The lowest BCUT2D eigenvalue weighted by molar-refractivity contribution is -0.384. The minimum atomic E-state index is -0.801. The first-order chi connectivity index (χ1) is 9.84. The van der Waals surface area contributed by atoms with Gasteiger partial charge in [0.2, 0.25) is 0 Å². The largest absolute Gasteiger partial charge is 0.467 e. The van der Waals surface area contributed by atoms with E-state index in [1.54, 1.807) is 13.8 Å². The highest BCUT2D eigenvalue weighted by Crippen LogP contribution is 2.36. The van der Waals surface area contributed by atoms with Crippen LogP contribution in [0.1, 0.15) is 15.2 Å². The number of nitro groups is 1. The summed E-state index contributed by atoms with van der Waals surface area (Å²) in [6.45, 7) is 3.57. The first kappa shape index (κ1) is 14.7. The minimum Gasteiger partial charge on any atom is -0.467 e. The minimum absolute atomic E-state index is 0.147. The molecule has 0 aromatic carbocycles. The number of methoxy groups -OCH3 is 1. The van der Waals surface area contributed by atoms with Crippen LogP contribution in [0.5, 0.6) is 0 Å². The first-order valence-corrected chi connectivity index (χ1v) is 6.56. The maximum absolute atomic E-state index is 12.0. The molecule has 8 heteroatoms. The molecule has 1 heterocycles. The van der Waals surface area contributed by atoms with Crippen molar-refractivity contribution in [1.82, 2.24) is 4.98 Å². The number of ether oxygens (including phenoxy) is 1. The molecule has 1 aromatic rings. The van der Waals surface area contributed by atoms with Gasteiger partial charge in [-0.25, -0.2) is 4.79 Å². The van der Waals surface area contributed by atoms with E-state index in [2.05, 4.69) is 20.9 Å². The van der Waals surface area contributed by atoms with E-state index in [9.17, 15) is 14.9 Å². The quantitative estimate of drug-likeness (QED) is 0.462. The zero-order valence-electron chi connectivity index (χ0n) is 12.4. The molecule has 0 aliphatic rings. The fourth-order valence-electron chi connectivity index (χ4n) is 1.86. The fourth-order valence-corrected chi connectivity index (χ4v) is 2.40. The number of hydrogen-bond donors (Lipinski definition) is 0. The molecule has 1 aromatic heterocycles. The van der Waals surface area contributed by atoms with Gasteiger partial charge in [-0.05, 0) is 21.8 Å². The molecule has 0 saturated carbocycles. The molecule has 0 saturated heterocycles. The summed E-state index contributed by atoms with van der Waals surface area (Å²) in [4.78, 5) is 27.6. The lowest BCUT2D eigenvalue weighted by Crippen LogP contribution is -2.43. The molecule has 110 valence electrons. The Bertz CT molecular complexity index is 541. The van der Waals surface area contributed by atoms with Crippen molar-refractivity contribution < 1.29 is 15.8 Å². The van der Waals surface area contributed by atoms with Crippen LogP contribution in [0.25, 0.3) is 0 Å². The summed E-state index contributed by atoms with van der Waals surface area (Å²) in [5.41, 5.74) is -0.125. The normalized spacial score (nSPS) is 12.8. The number of hydrogen-bond acceptors (Lipinski definition) is 6. The molecule has 0 aliphatic heterocycles. The summed E-state index contributed by atoms with van der Waals surface area (Å²) >= 11 is 3.20. The standard InChI is InChI=1S/C12H16BrN3O4/c1-7(2)10(12(17)20-4)15(3)11-8(13)5-14-6-9(11)16(18)19/h5-7,10H,1-4H3/t10-/m0/s1/i3D. The number of aromatic nitrogens is 1. The molecule has 0 N–H and O–H groups in total. The van der Waals surface area contributed by atoms with Gasteiger partial charge < -0.3 is 9.64 Å². The van der Waals surface area contributed by atoms with Crippen LogP contribution in [0, 0.1) is 16.0 Å². The van der Waals surface area contributed by atoms with Gasteiger partial charge in [0.25, 0.3) is 0 Å². The van der Waals surface area contributed by atoms with E-state index in [0.29, 0.717) is 4.47 Å². The third-order valence-corrected chi connectivity index (χ3v) is 3.33. The Labute approximate surface area is 126 Å². The first-order valence-electron chi connectivity index (χ1n) is 6.47. The van der Waals surface area contributed by atoms with E-state index in [0.717, 1.165) is 6.20 Å². The number of rotatable bonds is 5. The summed E-state index contributed by atoms with van der Waals surface area (Å²) in [5, 5.41) is 11.2. The lowest BCUT2D eigenvalue weighted by atomic mass is 10.0. The Morgan fingerprint density at radius 3 is 2.70 bits per heavy atom. The van der Waals surface area contributed by atoms with Crippen molar-refractivity contribution in [3.05, 3.63) is 27.0 Å². The second-order valence-electron chi connectivity index (χ2n) is 4.43. The van der Waals surface area contributed by atoms with Gasteiger partial charge in [0, 0.05) is 14.6 Å². The number of pyridine rings is 1. The molecule has 0 radical (unpaired) electrons. The average molecular weight is 347 g/mol. The summed E-state index contributed by atoms with van der Waals surface area (Å²) in [6, 6.07) is -0.801. The molecule has 20 heavy (non-hydrogen) atoms. The van der Waals surface area contributed by atoms with Crippen LogP contribution in [-0.4, -0.2) is 36.1 Å². The number of nitrogens with zero attached hydrogens (tertiary/aromatic N) is 3. The second kappa shape index (κ2) is 6.65. The van der Waals surface area contributed by atoms with Gasteiger partial charge in [-0.1, -0.05) is 13.8 Å². The van der Waals surface area contributed by atoms with E-state index in [-0.39, 0.29) is 24.3 Å². The van der Waals surface area contributed by atoms with Crippen LogP contribution in [0.4, 0.5) is 11.4 Å². The van der Waals surface area contributed by atoms with Crippen LogP contribution in [0.15, 0.2) is 16.9 Å². The SMILES string of the molecule is [2H]CN(c1c(Br)cncc1[N+](=O)[O-])[C@H](C(=O)OC)C(C)C. The predicted octanol–water partition coefficient (Wildman–Crippen LogP) is 2.39. The van der Waals surface area contributed by atoms with Crippen molar-refractivity contribution in [2.45, 2.75) is 19.9 Å². The second-order valence-corrected chi connectivity index (χ2v) is 5.28. The van der Waals surface area contributed by atoms with Crippen molar-refractivity contribution in [3.8, 4) is 0 Å². The predicted molar refractivity (Wildman–Crippen MR) is 77.6 cm³/mol. The topological polar surface area (TPSA) is 85.6 Å². The van der Waals surface area contributed by atoms with Crippen LogP contribution in [-0.2, 0) is 9.53 Å². The third-order valence-electron chi connectivity index (χ3n) is 2.75. The zero-order valence-corrected chi connectivity index (χ0v) is 13.0. The monoisotopic (exact) mass is 346 g/mol. The molecule has 0 unspecified atom stereocenters. The molecule has 0 fully saturated rings. The van der Waals surface area contributed by atoms with Crippen molar-refractivity contribution in [2.75, 3.05) is 19.0 Å². The van der Waals surface area contributed by atoms with Gasteiger partial charge in [0.1, 0.15) is 17.9 Å². The van der Waals surface area contributed by atoms with Crippen molar-refractivity contribution in [1.29, 1.82) is 0 Å². The van der Waals surface area contributed by atoms with Crippen LogP contribution >= 0.6 is 15.9 Å². The average Bonchev–Trinajstić information content (AvgIpc) is 2.43. The van der Waals surface area contributed by atoms with Crippen LogP contribution < -0.4 is 4.90 Å². The molecular formula is C12H16BrN3O4. The number of anilines is 1. The Morgan fingerprint density at radius 2 is 2.25 bits per heavy atom. The molecule has 1 atom stereocenters. The fraction of sp³-hybridized carbons (Fsp3) is 0.500. The van der Waals surface area contributed by atoms with Crippen LogP contribution in [0.2, 0.25) is 0 Å². The zero-order chi connectivity index (χ0) is 16.2. The summed E-state index contributed by atoms with van der Waals surface area (Å²) in [6.07, 6.45) is 2.48. The van der Waals surface area contributed by atoms with Gasteiger partial charge in [0.05, 0.1) is 16.5 Å². The van der Waals surface area contributed by atoms with E-state index in [1.807, 2.05) is 0 Å². The van der Waals surface area contributed by atoms with Gasteiger partial charge in [-0.15, -0.1) is 0 Å². The summed E-state index contributed by atoms with van der Waals surface area (Å²) in [5.74, 6) is -0.738. The highest BCUT2D eigenvalue weighted by molar-refractivity contribution is 9.10. The van der Waals surface area contributed by atoms with Gasteiger partial charge in [-0.3, -0.25) is 15.1 Å². The number of likely N-dealkylation sites (N-methyl/N-ethyl adjacent to an activating group) is 1. The Hall–Kier alpha value is -1.70. The van der Waals surface area contributed by atoms with Crippen molar-refractivity contribution in [3.63, 3.8) is 0 Å². The molecule has 0 spiro atoms. The maximum atomic E-state index is 12.0. The summed E-state index contributed by atoms with van der Waals surface area (Å²) in [7, 11) is 0.914. The number of carbonyl (C=O) groups excluding carboxylic acids is 1. The van der Waals surface area contributed by atoms with E-state index in [4.69, 9.17) is 6.11 Å². The Morgan fingerprint density at radius 1 is 1.60 bits per heavy atom. The third kappa shape index (κ3) is 3.24. The van der Waals surface area contributed by atoms with E-state index >= 15 is 0 Å². The Balaban J connectivity index is 3.45. The highest BCUT2D eigenvalue weighted by atomic mass is 79.9. The Kier molecular flexibility index (Phi) is 4.89. The summed E-state index contributed by atoms with van der Waals surface area (Å²) < 4.78 is 12.8. The van der Waals surface area contributed by atoms with Gasteiger partial charge in [0.15, 0.2) is 0 Å². The number of halogens is 1. The van der Waals surface area contributed by atoms with Gasteiger partial charge in [-0.2, -0.15) is 0 Å². The molecule has 0 bridgehead atoms. The van der Waals surface area contributed by atoms with Gasteiger partial charge >= 0.3 is 11.7 Å². The van der Waals surface area contributed by atoms with Crippen molar-refractivity contribution in [2.24, 2.45) is 5.92 Å². The lowest BCUT2D eigenvalue weighted by Gasteiger charge is -2.30.